The van der Waals surface area contributed by atoms with Gasteiger partial charge in [0.25, 0.3) is 10.0 Å². The number of sulfonamides is 1. The van der Waals surface area contributed by atoms with E-state index in [-0.39, 0.29) is 17.9 Å². The van der Waals surface area contributed by atoms with E-state index in [0.29, 0.717) is 19.0 Å². The van der Waals surface area contributed by atoms with Gasteiger partial charge < -0.3 is 34.1 Å². The lowest BCUT2D eigenvalue weighted by molar-refractivity contribution is -0.184. The Labute approximate surface area is 231 Å². The molecule has 0 aliphatic carbocycles. The summed E-state index contributed by atoms with van der Waals surface area (Å²) in [6, 6.07) is 17.2. The molecule has 1 aromatic heterocycles. The van der Waals surface area contributed by atoms with Gasteiger partial charge >= 0.3 is 0 Å². The first-order valence-corrected chi connectivity index (χ1v) is 14.4. The molecule has 2 aliphatic rings. The first-order valence-electron chi connectivity index (χ1n) is 12.9. The number of allylic oxidation sites excluding steroid dienone is 2. The van der Waals surface area contributed by atoms with Crippen LogP contribution >= 0.6 is 0 Å². The van der Waals surface area contributed by atoms with Crippen molar-refractivity contribution >= 4 is 32.1 Å². The van der Waals surface area contributed by atoms with E-state index in [2.05, 4.69) is 27.8 Å². The lowest BCUT2D eigenvalue weighted by Gasteiger charge is -2.35. The fourth-order valence-corrected chi connectivity index (χ4v) is 6.02. The number of anilines is 1. The van der Waals surface area contributed by atoms with Gasteiger partial charge in [0.05, 0.1) is 25.9 Å². The Bertz CT molecular complexity index is 1550. The molecule has 3 aromatic rings. The molecular formula is C28H31N3O8S. The summed E-state index contributed by atoms with van der Waals surface area (Å²) >= 11 is 0. The number of aliphatic hydroxyl groups is 3. The second kappa shape index (κ2) is 11.7. The summed E-state index contributed by atoms with van der Waals surface area (Å²) in [7, 11) is -4.31. The van der Waals surface area contributed by atoms with E-state index in [4.69, 9.17) is 13.9 Å². The molecule has 2 fully saturated rings. The molecule has 0 amide bonds. The zero-order valence-corrected chi connectivity index (χ0v) is 22.7. The molecule has 11 nitrogen and oxygen atoms in total. The van der Waals surface area contributed by atoms with Crippen LogP contribution in [0.5, 0.6) is 0 Å². The molecule has 2 aliphatic heterocycles. The summed E-state index contributed by atoms with van der Waals surface area (Å²) in [6.07, 6.45) is -5.34. The number of rotatable bonds is 7. The average Bonchev–Trinajstić information content (AvgIpc) is 3.46. The number of hydrogen-bond donors (Lipinski definition) is 4. The molecule has 4 atom stereocenters. The fraction of sp³-hybridized carbons (Fsp3) is 0.393. The topological polar surface area (TPSA) is 165 Å². The lowest BCUT2D eigenvalue weighted by atomic mass is 10.0. The van der Waals surface area contributed by atoms with Crippen LogP contribution in [0, 0.1) is 11.3 Å². The van der Waals surface area contributed by atoms with Gasteiger partial charge in [0.2, 0.25) is 0 Å². The Balaban J connectivity index is 1.33. The number of ether oxygens (including phenoxy) is 2. The summed E-state index contributed by atoms with van der Waals surface area (Å²) in [6.45, 7) is 3.94. The van der Waals surface area contributed by atoms with E-state index in [1.807, 2.05) is 18.2 Å². The maximum Gasteiger partial charge on any atom is 0.251 e. The molecule has 3 heterocycles. The van der Waals surface area contributed by atoms with Crippen molar-refractivity contribution in [2.45, 2.75) is 31.3 Å². The molecule has 0 saturated carbocycles. The van der Waals surface area contributed by atoms with Crippen molar-refractivity contribution in [3.8, 4) is 17.4 Å². The molecule has 212 valence electrons. The van der Waals surface area contributed by atoms with Gasteiger partial charge in [-0.05, 0) is 48.0 Å². The summed E-state index contributed by atoms with van der Waals surface area (Å²) in [4.78, 5) is 1.74. The minimum absolute atomic E-state index is 0.109. The van der Waals surface area contributed by atoms with Gasteiger partial charge in [0.15, 0.2) is 4.91 Å². The number of morpholine rings is 1. The van der Waals surface area contributed by atoms with Crippen molar-refractivity contribution < 1.29 is 37.6 Å². The van der Waals surface area contributed by atoms with Crippen molar-refractivity contribution in [2.75, 3.05) is 44.4 Å². The van der Waals surface area contributed by atoms with Gasteiger partial charge in [-0.1, -0.05) is 18.2 Å². The van der Waals surface area contributed by atoms with Gasteiger partial charge in [0, 0.05) is 36.5 Å². The van der Waals surface area contributed by atoms with Crippen LogP contribution in [0.4, 0.5) is 5.69 Å². The molecule has 40 heavy (non-hydrogen) atoms. The van der Waals surface area contributed by atoms with Crippen molar-refractivity contribution in [1.29, 1.82) is 5.26 Å². The molecule has 0 spiro atoms. The van der Waals surface area contributed by atoms with Crippen LogP contribution < -0.4 is 9.62 Å². The molecule has 0 bridgehead atoms. The highest BCUT2D eigenvalue weighted by atomic mass is 32.2. The van der Waals surface area contributed by atoms with E-state index >= 15 is 0 Å². The Hall–Kier alpha value is -3.28. The molecule has 12 heteroatoms. The van der Waals surface area contributed by atoms with E-state index < -0.39 is 45.9 Å². The van der Waals surface area contributed by atoms with Gasteiger partial charge in [-0.2, -0.15) is 5.26 Å². The molecule has 2 saturated heterocycles. The van der Waals surface area contributed by atoms with Gasteiger partial charge in [-0.25, -0.2) is 13.1 Å². The highest BCUT2D eigenvalue weighted by Gasteiger charge is 2.38. The van der Waals surface area contributed by atoms with Crippen LogP contribution in [0.15, 0.2) is 57.9 Å². The molecule has 2 aromatic carbocycles. The lowest BCUT2D eigenvalue weighted by Crippen LogP contribution is -2.56. The first kappa shape index (κ1) is 28.3. The molecule has 0 radical (unpaired) electrons. The van der Waals surface area contributed by atoms with Crippen LogP contribution in [0.25, 0.3) is 27.7 Å². The Morgan fingerprint density at radius 3 is 2.52 bits per heavy atom. The molecule has 5 rings (SSSR count). The van der Waals surface area contributed by atoms with Crippen LogP contribution in [-0.2, 0) is 19.5 Å². The number of furan rings is 1. The third-order valence-corrected chi connectivity index (χ3v) is 8.73. The van der Waals surface area contributed by atoms with Crippen LogP contribution in [0.1, 0.15) is 12.7 Å². The summed E-state index contributed by atoms with van der Waals surface area (Å²) < 4.78 is 44.8. The second-order valence-corrected chi connectivity index (χ2v) is 11.6. The number of hydrogen-bond acceptors (Lipinski definition) is 10. The minimum Gasteiger partial charge on any atom is -0.456 e. The SMILES string of the molecule is C/C(=C(/C#N)S(=O)(=O)NC[C@H]1OC[C@H](O)[C@@H](O)[C@@H]1O)c1ccc(-c2ccc3cc(N4CCOCC4)ccc3c2)o1. The minimum atomic E-state index is -4.31. The third kappa shape index (κ3) is 5.77. The molecule has 0 unspecified atom stereocenters. The van der Waals surface area contributed by atoms with Crippen molar-refractivity contribution in [3.63, 3.8) is 0 Å². The number of nitrogens with zero attached hydrogens (tertiary/aromatic N) is 2. The number of aliphatic hydroxyl groups excluding tert-OH is 3. The smallest absolute Gasteiger partial charge is 0.251 e. The van der Waals surface area contributed by atoms with Crippen molar-refractivity contribution in [1.82, 2.24) is 4.72 Å². The van der Waals surface area contributed by atoms with Crippen molar-refractivity contribution in [2.24, 2.45) is 0 Å². The highest BCUT2D eigenvalue weighted by molar-refractivity contribution is 7.93. The highest BCUT2D eigenvalue weighted by Crippen LogP contribution is 2.32. The molecular weight excluding hydrogens is 538 g/mol. The standard InChI is InChI=1S/C28H31N3O8S/c1-17(26(14-29)40(35,36)30-15-25-28(34)27(33)22(32)16-38-25)23-6-7-24(39-23)20-3-2-19-13-21(5-4-18(19)12-20)31-8-10-37-11-9-31/h2-7,12-13,22,25,27-28,30,32-34H,8-11,15-16H2,1H3/b26-17+/t22-,25+,27+,28+/m0/s1. The number of nitrogens with one attached hydrogen (secondary N) is 1. The van der Waals surface area contributed by atoms with Gasteiger partial charge in [-0.15, -0.1) is 0 Å². The zero-order chi connectivity index (χ0) is 28.4. The predicted octanol–water partition coefficient (Wildman–Crippen LogP) is 1.59. The predicted molar refractivity (Wildman–Crippen MR) is 148 cm³/mol. The third-order valence-electron chi connectivity index (χ3n) is 7.25. The van der Waals surface area contributed by atoms with Crippen molar-refractivity contribution in [3.05, 3.63) is 59.2 Å². The summed E-state index contributed by atoms with van der Waals surface area (Å²) in [5, 5.41) is 41.3. The Morgan fingerprint density at radius 1 is 1.05 bits per heavy atom. The zero-order valence-electron chi connectivity index (χ0n) is 21.9. The maximum atomic E-state index is 12.9. The average molecular weight is 570 g/mol. The number of benzene rings is 2. The first-order chi connectivity index (χ1) is 19.2. The summed E-state index contributed by atoms with van der Waals surface area (Å²) in [5.74, 6) is 0.731. The van der Waals surface area contributed by atoms with E-state index in [9.17, 15) is 29.0 Å². The normalized spacial score (nSPS) is 24.5. The Morgan fingerprint density at radius 2 is 1.77 bits per heavy atom. The largest absolute Gasteiger partial charge is 0.456 e. The monoisotopic (exact) mass is 569 g/mol. The second-order valence-electron chi connectivity index (χ2n) is 9.85. The van der Waals surface area contributed by atoms with E-state index in [0.717, 1.165) is 35.1 Å². The van der Waals surface area contributed by atoms with E-state index in [1.165, 1.54) is 6.92 Å². The van der Waals surface area contributed by atoms with E-state index in [1.54, 1.807) is 18.2 Å². The number of fused-ring (bicyclic) bond motifs is 1. The van der Waals surface area contributed by atoms with Gasteiger partial charge in [-0.3, -0.25) is 0 Å². The van der Waals surface area contributed by atoms with Crippen LogP contribution in [0.2, 0.25) is 0 Å². The fourth-order valence-electron chi connectivity index (χ4n) is 4.87. The molecule has 4 N–H and O–H groups in total. The Kier molecular flexibility index (Phi) is 8.25. The van der Waals surface area contributed by atoms with Gasteiger partial charge in [0.1, 0.15) is 35.9 Å². The maximum absolute atomic E-state index is 12.9. The number of nitriles is 1. The quantitative estimate of drug-likeness (QED) is 0.307. The summed E-state index contributed by atoms with van der Waals surface area (Å²) in [5.41, 5.74) is 2.05. The van der Waals surface area contributed by atoms with Crippen LogP contribution in [-0.4, -0.2) is 87.6 Å². The van der Waals surface area contributed by atoms with Crippen LogP contribution in [0.3, 0.4) is 0 Å².